The predicted molar refractivity (Wildman–Crippen MR) is 96.1 cm³/mol. The molecular weight excluding hydrogens is 368 g/mol. The third-order valence-corrected chi connectivity index (χ3v) is 4.86. The molecule has 150 valence electrons. The molecule has 2 fully saturated rings. The van der Waals surface area contributed by atoms with Crippen LogP contribution >= 0.6 is 0 Å². The normalized spacial score (nSPS) is 19.8. The summed E-state index contributed by atoms with van der Waals surface area (Å²) in [4.78, 5) is 48.0. The molecule has 0 radical (unpaired) electrons. The molecule has 9 nitrogen and oxygen atoms in total. The molecule has 9 heteroatoms. The second-order valence-corrected chi connectivity index (χ2v) is 6.83. The van der Waals surface area contributed by atoms with Crippen molar-refractivity contribution in [2.75, 3.05) is 13.7 Å². The van der Waals surface area contributed by atoms with Crippen molar-refractivity contribution in [3.8, 4) is 11.5 Å². The van der Waals surface area contributed by atoms with Crippen molar-refractivity contribution in [2.24, 2.45) is 0 Å². The number of amides is 3. The number of rotatable bonds is 7. The summed E-state index contributed by atoms with van der Waals surface area (Å²) in [6.07, 6.45) is 3.88. The van der Waals surface area contributed by atoms with E-state index < -0.39 is 36.3 Å². The smallest absolute Gasteiger partial charge is 0.323 e. The first-order chi connectivity index (χ1) is 13.4. The number of methoxy groups -OCH3 is 1. The number of aliphatic carboxylic acids is 1. The van der Waals surface area contributed by atoms with Gasteiger partial charge in [0.25, 0.3) is 11.8 Å². The minimum atomic E-state index is -1.29. The molecular formula is C19H22N2O7. The fourth-order valence-electron chi connectivity index (χ4n) is 3.43. The number of benzene rings is 1. The van der Waals surface area contributed by atoms with Crippen LogP contribution in [0.4, 0.5) is 0 Å². The van der Waals surface area contributed by atoms with Gasteiger partial charge in [-0.1, -0.05) is 0 Å². The molecule has 3 rings (SSSR count). The van der Waals surface area contributed by atoms with Gasteiger partial charge in [0.15, 0.2) is 11.5 Å². The van der Waals surface area contributed by atoms with E-state index in [-0.39, 0.29) is 18.1 Å². The van der Waals surface area contributed by atoms with Gasteiger partial charge in [-0.15, -0.1) is 0 Å². The van der Waals surface area contributed by atoms with E-state index in [1.54, 1.807) is 12.1 Å². The van der Waals surface area contributed by atoms with E-state index in [0.717, 1.165) is 25.7 Å². The zero-order valence-electron chi connectivity index (χ0n) is 15.5. The maximum atomic E-state index is 12.6. The maximum Gasteiger partial charge on any atom is 0.323 e. The summed E-state index contributed by atoms with van der Waals surface area (Å²) in [6.45, 7) is -0.716. The molecule has 1 aliphatic carbocycles. The third kappa shape index (κ3) is 4.24. The highest BCUT2D eigenvalue weighted by Gasteiger charge is 2.40. The second-order valence-electron chi connectivity index (χ2n) is 6.83. The van der Waals surface area contributed by atoms with Gasteiger partial charge in [0, 0.05) is 5.56 Å². The van der Waals surface area contributed by atoms with Crippen LogP contribution in [0.1, 0.15) is 42.5 Å². The van der Waals surface area contributed by atoms with Crippen molar-refractivity contribution < 1.29 is 33.8 Å². The lowest BCUT2D eigenvalue weighted by Gasteiger charge is -2.17. The average molecular weight is 390 g/mol. The molecule has 1 atom stereocenters. The Bertz CT molecular complexity index is 801. The van der Waals surface area contributed by atoms with E-state index in [1.165, 1.54) is 13.2 Å². The summed E-state index contributed by atoms with van der Waals surface area (Å²) in [5.74, 6) is -2.25. The van der Waals surface area contributed by atoms with Crippen molar-refractivity contribution >= 4 is 23.7 Å². The predicted octanol–water partition coefficient (Wildman–Crippen LogP) is 0.958. The van der Waals surface area contributed by atoms with Crippen molar-refractivity contribution in [1.82, 2.24) is 10.2 Å². The third-order valence-electron chi connectivity index (χ3n) is 4.86. The fraction of sp³-hybridized carbons (Fsp3) is 0.474. The number of nitrogens with zero attached hydrogens (tertiary/aromatic N) is 1. The Hall–Kier alpha value is -3.10. The molecule has 1 saturated carbocycles. The number of carboxylic acid groups (broad SMARTS) is 1. The first kappa shape index (κ1) is 19.7. The van der Waals surface area contributed by atoms with E-state index >= 15 is 0 Å². The van der Waals surface area contributed by atoms with Gasteiger partial charge in [0.05, 0.1) is 19.6 Å². The zero-order chi connectivity index (χ0) is 20.3. The molecule has 3 amide bonds. The molecule has 1 aliphatic heterocycles. The topological polar surface area (TPSA) is 122 Å². The number of hydrogen-bond donors (Lipinski definition) is 2. The van der Waals surface area contributed by atoms with Crippen LogP contribution < -0.4 is 14.8 Å². The zero-order valence-corrected chi connectivity index (χ0v) is 15.5. The summed E-state index contributed by atoms with van der Waals surface area (Å²) < 4.78 is 11.2. The van der Waals surface area contributed by atoms with Gasteiger partial charge in [0.2, 0.25) is 5.91 Å². The number of likely N-dealkylation sites (tertiary alicyclic amines) is 1. The van der Waals surface area contributed by atoms with Crippen molar-refractivity contribution in [1.29, 1.82) is 0 Å². The van der Waals surface area contributed by atoms with Gasteiger partial charge in [0.1, 0.15) is 12.6 Å². The van der Waals surface area contributed by atoms with Crippen LogP contribution in [0.3, 0.4) is 0 Å². The number of nitrogens with one attached hydrogen (secondary N) is 1. The highest BCUT2D eigenvalue weighted by atomic mass is 16.5. The van der Waals surface area contributed by atoms with Crippen LogP contribution in [0.15, 0.2) is 18.2 Å². The van der Waals surface area contributed by atoms with Crippen LogP contribution in [-0.4, -0.2) is 59.5 Å². The largest absolute Gasteiger partial charge is 0.493 e. The molecule has 1 aromatic rings. The first-order valence-electron chi connectivity index (χ1n) is 9.10. The van der Waals surface area contributed by atoms with Crippen LogP contribution in [0.5, 0.6) is 11.5 Å². The summed E-state index contributed by atoms with van der Waals surface area (Å²) in [6, 6.07) is 3.60. The SMILES string of the molecule is COc1ccc(C(=O)N[C@H]2CC(=O)N(CC(=O)O)C2=O)cc1OC1CCCC1. The van der Waals surface area contributed by atoms with Crippen LogP contribution in [-0.2, 0) is 14.4 Å². The van der Waals surface area contributed by atoms with E-state index in [9.17, 15) is 19.2 Å². The average Bonchev–Trinajstić information content (AvgIpc) is 3.25. The van der Waals surface area contributed by atoms with Crippen molar-refractivity contribution in [2.45, 2.75) is 44.2 Å². The van der Waals surface area contributed by atoms with Gasteiger partial charge in [-0.3, -0.25) is 24.1 Å². The molecule has 0 spiro atoms. The van der Waals surface area contributed by atoms with Crippen LogP contribution in [0, 0.1) is 0 Å². The van der Waals surface area contributed by atoms with E-state index in [4.69, 9.17) is 14.6 Å². The van der Waals surface area contributed by atoms with Gasteiger partial charge in [-0.25, -0.2) is 0 Å². The summed E-state index contributed by atoms with van der Waals surface area (Å²) in [5, 5.41) is 11.3. The summed E-state index contributed by atoms with van der Waals surface area (Å²) >= 11 is 0. The monoisotopic (exact) mass is 390 g/mol. The number of ether oxygens (including phenoxy) is 2. The molecule has 0 bridgehead atoms. The lowest BCUT2D eigenvalue weighted by molar-refractivity contribution is -0.148. The van der Waals surface area contributed by atoms with Gasteiger partial charge < -0.3 is 19.9 Å². The number of carbonyl (C=O) groups is 4. The number of hydrogen-bond acceptors (Lipinski definition) is 6. The Labute approximate surface area is 161 Å². The van der Waals surface area contributed by atoms with Crippen molar-refractivity contribution in [3.63, 3.8) is 0 Å². The molecule has 2 aliphatic rings. The Balaban J connectivity index is 1.71. The Kier molecular flexibility index (Phi) is 5.81. The lowest BCUT2D eigenvalue weighted by Crippen LogP contribution is -2.43. The second kappa shape index (κ2) is 8.28. The summed E-state index contributed by atoms with van der Waals surface area (Å²) in [7, 11) is 1.51. The molecule has 28 heavy (non-hydrogen) atoms. The Morgan fingerprint density at radius 1 is 1.21 bits per heavy atom. The number of imide groups is 1. The molecule has 2 N–H and O–H groups in total. The molecule has 1 heterocycles. The standard InChI is InChI=1S/C19H22N2O7/c1-27-14-7-6-11(8-15(14)28-12-4-2-3-5-12)18(25)20-13-9-16(22)21(19(13)26)10-17(23)24/h6-8,12-13H,2-5,9-10H2,1H3,(H,20,25)(H,23,24)/t13-/m0/s1. The van der Waals surface area contributed by atoms with E-state index in [2.05, 4.69) is 5.32 Å². The highest BCUT2D eigenvalue weighted by molar-refractivity contribution is 6.09. The minimum Gasteiger partial charge on any atom is -0.493 e. The first-order valence-corrected chi connectivity index (χ1v) is 9.10. The molecule has 1 saturated heterocycles. The maximum absolute atomic E-state index is 12.6. The van der Waals surface area contributed by atoms with Gasteiger partial charge in [-0.2, -0.15) is 0 Å². The number of carboxylic acids is 1. The van der Waals surface area contributed by atoms with Gasteiger partial charge in [-0.05, 0) is 43.9 Å². The Morgan fingerprint density at radius 3 is 2.57 bits per heavy atom. The highest BCUT2D eigenvalue weighted by Crippen LogP contribution is 2.32. The molecule has 1 aromatic carbocycles. The van der Waals surface area contributed by atoms with E-state index in [1.807, 2.05) is 0 Å². The fourth-order valence-corrected chi connectivity index (χ4v) is 3.43. The molecule has 0 unspecified atom stereocenters. The number of carbonyl (C=O) groups excluding carboxylic acids is 3. The Morgan fingerprint density at radius 2 is 1.93 bits per heavy atom. The minimum absolute atomic E-state index is 0.0748. The van der Waals surface area contributed by atoms with E-state index in [0.29, 0.717) is 16.4 Å². The molecule has 0 aromatic heterocycles. The van der Waals surface area contributed by atoms with Crippen molar-refractivity contribution in [3.05, 3.63) is 23.8 Å². The lowest BCUT2D eigenvalue weighted by atomic mass is 10.1. The quantitative estimate of drug-likeness (QED) is 0.665. The van der Waals surface area contributed by atoms with Gasteiger partial charge >= 0.3 is 5.97 Å². The van der Waals surface area contributed by atoms with Crippen LogP contribution in [0.25, 0.3) is 0 Å². The summed E-state index contributed by atoms with van der Waals surface area (Å²) in [5.41, 5.74) is 0.255. The van der Waals surface area contributed by atoms with Crippen LogP contribution in [0.2, 0.25) is 0 Å².